The fourth-order valence-electron chi connectivity index (χ4n) is 2.08. The van der Waals surface area contributed by atoms with Crippen LogP contribution in [0.1, 0.15) is 11.1 Å². The summed E-state index contributed by atoms with van der Waals surface area (Å²) in [5, 5.41) is 11.4. The minimum atomic E-state index is -1.19. The number of carbonyl (C=O) groups is 1. The molecule has 0 amide bonds. The van der Waals surface area contributed by atoms with Crippen molar-refractivity contribution in [2.75, 3.05) is 27.2 Å². The molecule has 2 aromatic rings. The summed E-state index contributed by atoms with van der Waals surface area (Å²) in [5.41, 5.74) is 1.58. The van der Waals surface area contributed by atoms with Crippen LogP contribution in [0.4, 0.5) is 0 Å². The number of nitrogens with one attached hydrogen (secondary N) is 1. The van der Waals surface area contributed by atoms with Gasteiger partial charge in [0.2, 0.25) is 0 Å². The van der Waals surface area contributed by atoms with Gasteiger partial charge < -0.3 is 19.5 Å². The number of ether oxygens (including phenoxy) is 1. The van der Waals surface area contributed by atoms with Gasteiger partial charge in [0.25, 0.3) is 0 Å². The molecule has 120 valence electrons. The van der Waals surface area contributed by atoms with Gasteiger partial charge in [-0.2, -0.15) is 0 Å². The van der Waals surface area contributed by atoms with Crippen LogP contribution in [0.5, 0.6) is 5.75 Å². The Bertz CT molecular complexity index is 661. The van der Waals surface area contributed by atoms with E-state index in [9.17, 15) is 9.90 Å². The molecule has 2 rings (SSSR count). The molecule has 0 aliphatic heterocycles. The highest BCUT2D eigenvalue weighted by Crippen LogP contribution is 2.19. The molecule has 4 nitrogen and oxygen atoms in total. The maximum absolute atomic E-state index is 11.4. The Balaban J connectivity index is 2.12. The molecule has 0 saturated heterocycles. The number of rotatable bonds is 7. The van der Waals surface area contributed by atoms with Crippen LogP contribution in [0.15, 0.2) is 54.6 Å². The van der Waals surface area contributed by atoms with Gasteiger partial charge in [-0.25, -0.2) is 0 Å². The van der Waals surface area contributed by atoms with E-state index in [1.54, 1.807) is 30.3 Å². The van der Waals surface area contributed by atoms with Gasteiger partial charge in [-0.15, -0.1) is 0 Å². The van der Waals surface area contributed by atoms with Crippen LogP contribution in [0.3, 0.4) is 0 Å². The van der Waals surface area contributed by atoms with Gasteiger partial charge in [0, 0.05) is 5.57 Å². The number of hydrogen-bond donors (Lipinski definition) is 1. The summed E-state index contributed by atoms with van der Waals surface area (Å²) in [5.74, 6) is -0.413. The zero-order chi connectivity index (χ0) is 16.7. The van der Waals surface area contributed by atoms with E-state index in [4.69, 9.17) is 4.74 Å². The molecule has 0 heterocycles. The highest BCUT2D eigenvalue weighted by atomic mass is 16.5. The first-order valence-corrected chi connectivity index (χ1v) is 7.56. The molecule has 2 aromatic carbocycles. The van der Waals surface area contributed by atoms with Crippen LogP contribution >= 0.6 is 0 Å². The quantitative estimate of drug-likeness (QED) is 0.598. The average Bonchev–Trinajstić information content (AvgIpc) is 2.54. The van der Waals surface area contributed by atoms with Gasteiger partial charge in [-0.05, 0) is 29.3 Å². The molecule has 0 radical (unpaired) electrons. The van der Waals surface area contributed by atoms with Crippen molar-refractivity contribution in [1.29, 1.82) is 0 Å². The van der Waals surface area contributed by atoms with E-state index in [0.717, 1.165) is 17.9 Å². The van der Waals surface area contributed by atoms with Crippen molar-refractivity contribution in [1.82, 2.24) is 0 Å². The van der Waals surface area contributed by atoms with Crippen LogP contribution in [0.2, 0.25) is 0 Å². The van der Waals surface area contributed by atoms with Crippen molar-refractivity contribution in [3.8, 4) is 5.75 Å². The van der Waals surface area contributed by atoms with E-state index in [1.165, 1.54) is 4.90 Å². The standard InChI is InChI=1S/C19H21NO3/c1-20(2)12-13-23-17-10-8-15(9-11-17)14-18(19(21)22)16-6-4-3-5-7-16/h3-11,14H,12-13H2,1-2H3,(H,21,22)/b18-14-. The van der Waals surface area contributed by atoms with Crippen LogP contribution in [0, 0.1) is 0 Å². The number of quaternary nitrogens is 1. The molecule has 1 N–H and O–H groups in total. The van der Waals surface area contributed by atoms with Gasteiger partial charge in [0.15, 0.2) is 0 Å². The molecular formula is C19H21NO3. The van der Waals surface area contributed by atoms with E-state index in [0.29, 0.717) is 12.2 Å². The molecule has 4 heteroatoms. The number of benzene rings is 2. The Labute approximate surface area is 136 Å². The number of hydrogen-bond acceptors (Lipinski definition) is 3. The first-order valence-electron chi connectivity index (χ1n) is 7.56. The minimum Gasteiger partial charge on any atom is -0.545 e. The molecule has 0 fully saturated rings. The van der Waals surface area contributed by atoms with Crippen LogP contribution in [-0.4, -0.2) is 33.2 Å². The highest BCUT2D eigenvalue weighted by molar-refractivity contribution is 6.19. The van der Waals surface area contributed by atoms with Crippen LogP contribution in [-0.2, 0) is 4.79 Å². The van der Waals surface area contributed by atoms with Crippen molar-refractivity contribution < 1.29 is 19.5 Å². The highest BCUT2D eigenvalue weighted by Gasteiger charge is 2.03. The normalized spacial score (nSPS) is 11.5. The number of likely N-dealkylation sites (N-methyl/N-ethyl adjacent to an activating group) is 1. The lowest BCUT2D eigenvalue weighted by atomic mass is 10.0. The second-order valence-corrected chi connectivity index (χ2v) is 5.59. The zero-order valence-corrected chi connectivity index (χ0v) is 13.4. The van der Waals surface area contributed by atoms with Gasteiger partial charge in [-0.1, -0.05) is 42.5 Å². The number of aliphatic carboxylic acids is 1. The van der Waals surface area contributed by atoms with E-state index < -0.39 is 5.97 Å². The molecule has 23 heavy (non-hydrogen) atoms. The maximum atomic E-state index is 11.4. The third kappa shape index (κ3) is 5.27. The van der Waals surface area contributed by atoms with Gasteiger partial charge in [0.1, 0.15) is 18.9 Å². The second-order valence-electron chi connectivity index (χ2n) is 5.59. The molecule has 0 unspecified atom stereocenters. The number of carbonyl (C=O) groups excluding carboxylic acids is 1. The number of carboxylic acids is 1. The molecule has 0 aliphatic rings. The Morgan fingerprint density at radius 1 is 1.09 bits per heavy atom. The topological polar surface area (TPSA) is 53.8 Å². The second kappa shape index (κ2) is 8.15. The molecule has 0 bridgehead atoms. The molecule has 0 aliphatic carbocycles. The lowest BCUT2D eigenvalue weighted by Gasteiger charge is -2.10. The van der Waals surface area contributed by atoms with Crippen molar-refractivity contribution in [2.24, 2.45) is 0 Å². The molecular weight excluding hydrogens is 290 g/mol. The lowest BCUT2D eigenvalue weighted by molar-refractivity contribution is -0.858. The van der Waals surface area contributed by atoms with Crippen molar-refractivity contribution >= 4 is 17.6 Å². The average molecular weight is 311 g/mol. The maximum Gasteiger partial charge on any atom is 0.137 e. The summed E-state index contributed by atoms with van der Waals surface area (Å²) in [7, 11) is 4.14. The van der Waals surface area contributed by atoms with Crippen LogP contribution < -0.4 is 14.7 Å². The fourth-order valence-corrected chi connectivity index (χ4v) is 2.08. The smallest absolute Gasteiger partial charge is 0.137 e. The first-order chi connectivity index (χ1) is 11.1. The van der Waals surface area contributed by atoms with Gasteiger partial charge in [0.05, 0.1) is 20.1 Å². The molecule has 0 aromatic heterocycles. The third-order valence-electron chi connectivity index (χ3n) is 3.37. The summed E-state index contributed by atoms with van der Waals surface area (Å²) < 4.78 is 5.64. The van der Waals surface area contributed by atoms with Crippen molar-refractivity contribution in [3.63, 3.8) is 0 Å². The Kier molecular flexibility index (Phi) is 5.94. The van der Waals surface area contributed by atoms with Gasteiger partial charge >= 0.3 is 0 Å². The van der Waals surface area contributed by atoms with Crippen LogP contribution in [0.25, 0.3) is 11.6 Å². The largest absolute Gasteiger partial charge is 0.545 e. The summed E-state index contributed by atoms with van der Waals surface area (Å²) in [6, 6.07) is 16.3. The molecule has 0 spiro atoms. The lowest BCUT2D eigenvalue weighted by Crippen LogP contribution is -3.06. The third-order valence-corrected chi connectivity index (χ3v) is 3.37. The summed E-state index contributed by atoms with van der Waals surface area (Å²) in [6.45, 7) is 1.57. The van der Waals surface area contributed by atoms with Gasteiger partial charge in [-0.3, -0.25) is 0 Å². The number of carboxylic acid groups (broad SMARTS) is 1. The molecule has 0 saturated carbocycles. The molecule has 0 atom stereocenters. The first kappa shape index (κ1) is 16.8. The summed E-state index contributed by atoms with van der Waals surface area (Å²) in [4.78, 5) is 12.7. The van der Waals surface area contributed by atoms with Crippen molar-refractivity contribution in [3.05, 3.63) is 65.7 Å². The Hall–Kier alpha value is -2.59. The van der Waals surface area contributed by atoms with E-state index >= 15 is 0 Å². The van der Waals surface area contributed by atoms with E-state index in [1.807, 2.05) is 30.3 Å². The fraction of sp³-hybridized carbons (Fsp3) is 0.211. The Morgan fingerprint density at radius 2 is 1.74 bits per heavy atom. The van der Waals surface area contributed by atoms with E-state index in [2.05, 4.69) is 14.1 Å². The summed E-state index contributed by atoms with van der Waals surface area (Å²) >= 11 is 0. The predicted molar refractivity (Wildman–Crippen MR) is 88.9 cm³/mol. The minimum absolute atomic E-state index is 0.162. The van der Waals surface area contributed by atoms with E-state index in [-0.39, 0.29) is 5.57 Å². The zero-order valence-electron chi connectivity index (χ0n) is 13.4. The van der Waals surface area contributed by atoms with Crippen molar-refractivity contribution in [2.45, 2.75) is 0 Å². The Morgan fingerprint density at radius 3 is 2.30 bits per heavy atom. The monoisotopic (exact) mass is 311 g/mol. The SMILES string of the molecule is C[NH+](C)CCOc1ccc(/C=C(\C(=O)[O-])c2ccccc2)cc1. The predicted octanol–water partition coefficient (Wildman–Crippen LogP) is 0.500. The summed E-state index contributed by atoms with van der Waals surface area (Å²) in [6.07, 6.45) is 1.61.